The van der Waals surface area contributed by atoms with Crippen LogP contribution < -0.4 is 4.74 Å². The average Bonchev–Trinajstić information content (AvgIpc) is 2.87. The van der Waals surface area contributed by atoms with E-state index in [1.165, 1.54) is 5.56 Å². The molecule has 2 aromatic rings. The molecule has 0 amide bonds. The van der Waals surface area contributed by atoms with E-state index in [9.17, 15) is 9.90 Å². The van der Waals surface area contributed by atoms with E-state index in [1.807, 2.05) is 24.3 Å². The molecule has 96 valence electrons. The van der Waals surface area contributed by atoms with E-state index in [0.717, 1.165) is 28.9 Å². The van der Waals surface area contributed by atoms with Crippen LogP contribution in [0.15, 0.2) is 36.4 Å². The van der Waals surface area contributed by atoms with Crippen molar-refractivity contribution < 1.29 is 14.6 Å². The van der Waals surface area contributed by atoms with Gasteiger partial charge >= 0.3 is 5.97 Å². The van der Waals surface area contributed by atoms with Crippen LogP contribution in [0.3, 0.4) is 0 Å². The number of aromatic carboxylic acids is 1. The molecule has 0 saturated carbocycles. The van der Waals surface area contributed by atoms with E-state index in [-0.39, 0.29) is 0 Å². The second-order valence-corrected chi connectivity index (χ2v) is 4.73. The van der Waals surface area contributed by atoms with Gasteiger partial charge in [0, 0.05) is 12.0 Å². The minimum Gasteiger partial charge on any atom is -0.492 e. The maximum atomic E-state index is 11.2. The van der Waals surface area contributed by atoms with Gasteiger partial charge in [0.05, 0.1) is 12.2 Å². The lowest BCUT2D eigenvalue weighted by Gasteiger charge is -2.10. The van der Waals surface area contributed by atoms with Crippen LogP contribution >= 0.6 is 0 Å². The molecule has 3 heteroatoms. The van der Waals surface area contributed by atoms with Crippen molar-refractivity contribution in [3.63, 3.8) is 0 Å². The third-order valence-electron chi connectivity index (χ3n) is 3.49. The first-order valence-corrected chi connectivity index (χ1v) is 6.26. The number of benzene rings is 2. The van der Waals surface area contributed by atoms with Gasteiger partial charge in [0.1, 0.15) is 5.75 Å². The smallest absolute Gasteiger partial charge is 0.335 e. The Balaban J connectivity index is 2.16. The van der Waals surface area contributed by atoms with E-state index in [4.69, 9.17) is 4.74 Å². The minimum absolute atomic E-state index is 0.341. The number of ether oxygens (including phenoxy) is 1. The minimum atomic E-state index is -0.896. The summed E-state index contributed by atoms with van der Waals surface area (Å²) in [5.74, 6) is -0.00413. The molecule has 1 aliphatic rings. The van der Waals surface area contributed by atoms with Crippen LogP contribution in [0.4, 0.5) is 0 Å². The topological polar surface area (TPSA) is 46.5 Å². The predicted molar refractivity (Wildman–Crippen MR) is 72.8 cm³/mol. The van der Waals surface area contributed by atoms with Gasteiger partial charge in [-0.25, -0.2) is 4.79 Å². The van der Waals surface area contributed by atoms with Crippen molar-refractivity contribution in [1.82, 2.24) is 0 Å². The Labute approximate surface area is 111 Å². The molecular formula is C16H14O3. The van der Waals surface area contributed by atoms with Gasteiger partial charge in [-0.2, -0.15) is 0 Å². The zero-order valence-corrected chi connectivity index (χ0v) is 10.6. The molecule has 3 nitrogen and oxygen atoms in total. The van der Waals surface area contributed by atoms with Crippen molar-refractivity contribution in [2.45, 2.75) is 13.3 Å². The Kier molecular flexibility index (Phi) is 2.75. The molecule has 2 aromatic carbocycles. The number of hydrogen-bond acceptors (Lipinski definition) is 2. The van der Waals surface area contributed by atoms with E-state index < -0.39 is 5.97 Å². The van der Waals surface area contributed by atoms with Crippen molar-refractivity contribution in [1.29, 1.82) is 0 Å². The molecule has 1 aliphatic heterocycles. The van der Waals surface area contributed by atoms with Gasteiger partial charge in [0.15, 0.2) is 0 Å². The number of rotatable bonds is 2. The van der Waals surface area contributed by atoms with Crippen molar-refractivity contribution in [3.8, 4) is 16.9 Å². The monoisotopic (exact) mass is 254 g/mol. The number of hydrogen-bond donors (Lipinski definition) is 1. The van der Waals surface area contributed by atoms with Crippen LogP contribution in [-0.2, 0) is 6.42 Å². The maximum absolute atomic E-state index is 11.2. The average molecular weight is 254 g/mol. The summed E-state index contributed by atoms with van der Waals surface area (Å²) in [5.41, 5.74) is 4.16. The fraction of sp³-hybridized carbons (Fsp3) is 0.188. The summed E-state index contributed by atoms with van der Waals surface area (Å²) in [6.45, 7) is 2.50. The lowest BCUT2D eigenvalue weighted by molar-refractivity contribution is 0.0696. The normalized spacial score (nSPS) is 12.9. The van der Waals surface area contributed by atoms with Crippen LogP contribution in [0.2, 0.25) is 0 Å². The second-order valence-electron chi connectivity index (χ2n) is 4.73. The van der Waals surface area contributed by atoms with E-state index in [1.54, 1.807) is 13.0 Å². The first-order valence-electron chi connectivity index (χ1n) is 6.26. The summed E-state index contributed by atoms with van der Waals surface area (Å²) in [7, 11) is 0. The maximum Gasteiger partial charge on any atom is 0.335 e. The predicted octanol–water partition coefficient (Wildman–Crippen LogP) is 3.30. The molecule has 0 aromatic heterocycles. The summed E-state index contributed by atoms with van der Waals surface area (Å²) in [4.78, 5) is 11.2. The molecule has 0 bridgehead atoms. The standard InChI is InChI=1S/C16H14O3/c1-10-5-6-12(9-14(10)16(17)18)13-4-2-3-11-7-8-19-15(11)13/h2-6,9H,7-8H2,1H3,(H,17,18). The number of fused-ring (bicyclic) bond motifs is 1. The molecular weight excluding hydrogens is 240 g/mol. The van der Waals surface area contributed by atoms with Gasteiger partial charge in [0.25, 0.3) is 0 Å². The van der Waals surface area contributed by atoms with Gasteiger partial charge < -0.3 is 9.84 Å². The highest BCUT2D eigenvalue weighted by atomic mass is 16.5. The third kappa shape index (κ3) is 1.97. The SMILES string of the molecule is Cc1ccc(-c2cccc3c2OCC3)cc1C(=O)O. The zero-order valence-electron chi connectivity index (χ0n) is 10.6. The Morgan fingerprint density at radius 3 is 2.89 bits per heavy atom. The first-order chi connectivity index (χ1) is 9.16. The molecule has 0 saturated heterocycles. The third-order valence-corrected chi connectivity index (χ3v) is 3.49. The fourth-order valence-corrected chi connectivity index (χ4v) is 2.46. The number of carboxylic acid groups (broad SMARTS) is 1. The summed E-state index contributed by atoms with van der Waals surface area (Å²) in [6, 6.07) is 11.5. The first kappa shape index (κ1) is 11.8. The summed E-state index contributed by atoms with van der Waals surface area (Å²) in [6.07, 6.45) is 0.917. The molecule has 0 aliphatic carbocycles. The number of carbonyl (C=O) groups is 1. The zero-order chi connectivity index (χ0) is 13.4. The van der Waals surface area contributed by atoms with Crippen molar-refractivity contribution in [2.24, 2.45) is 0 Å². The van der Waals surface area contributed by atoms with Crippen LogP contribution in [0.25, 0.3) is 11.1 Å². The molecule has 0 fully saturated rings. The van der Waals surface area contributed by atoms with E-state index >= 15 is 0 Å². The van der Waals surface area contributed by atoms with Crippen molar-refractivity contribution in [2.75, 3.05) is 6.61 Å². The molecule has 1 heterocycles. The quantitative estimate of drug-likeness (QED) is 0.894. The van der Waals surface area contributed by atoms with Crippen LogP contribution in [0.1, 0.15) is 21.5 Å². The lowest BCUT2D eigenvalue weighted by atomic mass is 9.97. The highest BCUT2D eigenvalue weighted by Gasteiger charge is 2.18. The Hall–Kier alpha value is -2.29. The lowest BCUT2D eigenvalue weighted by Crippen LogP contribution is -2.00. The Morgan fingerprint density at radius 2 is 2.11 bits per heavy atom. The Morgan fingerprint density at radius 1 is 1.26 bits per heavy atom. The van der Waals surface area contributed by atoms with Crippen molar-refractivity contribution >= 4 is 5.97 Å². The Bertz CT molecular complexity index is 659. The van der Waals surface area contributed by atoms with E-state index in [2.05, 4.69) is 6.07 Å². The largest absolute Gasteiger partial charge is 0.492 e. The van der Waals surface area contributed by atoms with Gasteiger partial charge in [-0.15, -0.1) is 0 Å². The summed E-state index contributed by atoms with van der Waals surface area (Å²) in [5, 5.41) is 9.20. The van der Waals surface area contributed by atoms with Crippen LogP contribution in [0.5, 0.6) is 5.75 Å². The number of carboxylic acids is 1. The fourth-order valence-electron chi connectivity index (χ4n) is 2.46. The second kappa shape index (κ2) is 4.43. The highest BCUT2D eigenvalue weighted by Crippen LogP contribution is 2.37. The molecule has 0 unspecified atom stereocenters. The molecule has 0 spiro atoms. The van der Waals surface area contributed by atoms with Gasteiger partial charge in [0.2, 0.25) is 0 Å². The molecule has 0 atom stereocenters. The molecule has 3 rings (SSSR count). The molecule has 19 heavy (non-hydrogen) atoms. The highest BCUT2D eigenvalue weighted by molar-refractivity contribution is 5.91. The number of aryl methyl sites for hydroxylation is 1. The summed E-state index contributed by atoms with van der Waals surface area (Å²) >= 11 is 0. The van der Waals surface area contributed by atoms with Crippen molar-refractivity contribution in [3.05, 3.63) is 53.1 Å². The molecule has 0 radical (unpaired) electrons. The number of para-hydroxylation sites is 1. The van der Waals surface area contributed by atoms with Gasteiger partial charge in [-0.05, 0) is 29.7 Å². The molecule has 1 N–H and O–H groups in total. The van der Waals surface area contributed by atoms with Gasteiger partial charge in [-0.1, -0.05) is 30.3 Å². The van der Waals surface area contributed by atoms with Gasteiger partial charge in [-0.3, -0.25) is 0 Å². The van der Waals surface area contributed by atoms with E-state index in [0.29, 0.717) is 12.2 Å². The summed E-state index contributed by atoms with van der Waals surface area (Å²) < 4.78 is 5.67. The van der Waals surface area contributed by atoms with Crippen LogP contribution in [0, 0.1) is 6.92 Å². The van der Waals surface area contributed by atoms with Crippen LogP contribution in [-0.4, -0.2) is 17.7 Å².